The van der Waals surface area contributed by atoms with E-state index in [-0.39, 0.29) is 6.04 Å². The van der Waals surface area contributed by atoms with Crippen LogP contribution in [0.1, 0.15) is 24.9 Å². The number of nitrogens with two attached hydrogens (primary N) is 1. The zero-order valence-electron chi connectivity index (χ0n) is 11.8. The van der Waals surface area contributed by atoms with Gasteiger partial charge in [-0.3, -0.25) is 4.90 Å². The molecule has 0 aliphatic heterocycles. The van der Waals surface area contributed by atoms with E-state index >= 15 is 0 Å². The van der Waals surface area contributed by atoms with Crippen LogP contribution in [0.2, 0.25) is 0 Å². The van der Waals surface area contributed by atoms with Gasteiger partial charge in [0, 0.05) is 18.2 Å². The van der Waals surface area contributed by atoms with Crippen molar-refractivity contribution < 1.29 is 9.47 Å². The summed E-state index contributed by atoms with van der Waals surface area (Å²) in [5.74, 6) is 1.62. The molecule has 102 valence electrons. The van der Waals surface area contributed by atoms with Crippen molar-refractivity contribution in [2.24, 2.45) is 5.73 Å². The second kappa shape index (κ2) is 7.24. The highest BCUT2D eigenvalue weighted by atomic mass is 16.5. The fourth-order valence-corrected chi connectivity index (χ4v) is 2.15. The van der Waals surface area contributed by atoms with Gasteiger partial charge in [0.25, 0.3) is 0 Å². The number of hydrogen-bond donors (Lipinski definition) is 1. The number of likely N-dealkylation sites (N-methyl/N-ethyl adjacent to an activating group) is 1. The molecule has 1 aromatic rings. The van der Waals surface area contributed by atoms with Gasteiger partial charge in [0.05, 0.1) is 20.3 Å². The van der Waals surface area contributed by atoms with Crippen LogP contribution in [-0.2, 0) is 0 Å². The second-order valence-corrected chi connectivity index (χ2v) is 4.34. The number of methoxy groups -OCH3 is 2. The molecule has 0 heterocycles. The lowest BCUT2D eigenvalue weighted by Gasteiger charge is -2.28. The largest absolute Gasteiger partial charge is 0.497 e. The quantitative estimate of drug-likeness (QED) is 0.807. The highest BCUT2D eigenvalue weighted by Crippen LogP contribution is 2.31. The molecular weight excluding hydrogens is 228 g/mol. The minimum absolute atomic E-state index is 0.172. The van der Waals surface area contributed by atoms with Crippen molar-refractivity contribution in [1.29, 1.82) is 0 Å². The third-order valence-corrected chi connectivity index (χ3v) is 3.13. The Labute approximate surface area is 110 Å². The average molecular weight is 252 g/mol. The summed E-state index contributed by atoms with van der Waals surface area (Å²) < 4.78 is 10.6. The molecule has 0 radical (unpaired) electrons. The van der Waals surface area contributed by atoms with Crippen molar-refractivity contribution >= 4 is 0 Å². The predicted octanol–water partition coefficient (Wildman–Crippen LogP) is 2.05. The van der Waals surface area contributed by atoms with E-state index in [4.69, 9.17) is 15.2 Å². The second-order valence-electron chi connectivity index (χ2n) is 4.34. The number of benzene rings is 1. The highest BCUT2D eigenvalue weighted by molar-refractivity contribution is 5.42. The molecule has 1 aromatic carbocycles. The van der Waals surface area contributed by atoms with E-state index in [2.05, 4.69) is 18.9 Å². The van der Waals surface area contributed by atoms with E-state index < -0.39 is 0 Å². The maximum absolute atomic E-state index is 5.90. The number of rotatable bonds is 7. The lowest BCUT2D eigenvalue weighted by Crippen LogP contribution is -2.31. The van der Waals surface area contributed by atoms with Gasteiger partial charge in [-0.2, -0.15) is 0 Å². The molecule has 18 heavy (non-hydrogen) atoms. The Hall–Kier alpha value is -1.26. The molecule has 1 atom stereocenters. The average Bonchev–Trinajstić information content (AvgIpc) is 2.40. The van der Waals surface area contributed by atoms with E-state index in [9.17, 15) is 0 Å². The highest BCUT2D eigenvalue weighted by Gasteiger charge is 2.19. The summed E-state index contributed by atoms with van der Waals surface area (Å²) in [6, 6.07) is 6.05. The van der Waals surface area contributed by atoms with E-state index in [0.29, 0.717) is 6.54 Å². The summed E-state index contributed by atoms with van der Waals surface area (Å²) >= 11 is 0. The summed E-state index contributed by atoms with van der Waals surface area (Å²) in [7, 11) is 5.41. The molecule has 0 saturated carbocycles. The van der Waals surface area contributed by atoms with Gasteiger partial charge in [-0.1, -0.05) is 13.0 Å². The molecule has 0 bridgehead atoms. The van der Waals surface area contributed by atoms with Crippen molar-refractivity contribution in [3.8, 4) is 11.5 Å². The molecule has 1 unspecified atom stereocenters. The molecule has 0 saturated heterocycles. The van der Waals surface area contributed by atoms with Crippen molar-refractivity contribution in [2.45, 2.75) is 19.4 Å². The van der Waals surface area contributed by atoms with Gasteiger partial charge >= 0.3 is 0 Å². The summed E-state index contributed by atoms with van der Waals surface area (Å²) in [5, 5.41) is 0. The first-order chi connectivity index (χ1) is 8.67. The van der Waals surface area contributed by atoms with Crippen molar-refractivity contribution in [1.82, 2.24) is 4.90 Å². The molecule has 4 heteroatoms. The minimum Gasteiger partial charge on any atom is -0.497 e. The molecule has 0 aliphatic rings. The third-order valence-electron chi connectivity index (χ3n) is 3.13. The van der Waals surface area contributed by atoms with Crippen LogP contribution in [0.4, 0.5) is 0 Å². The zero-order valence-corrected chi connectivity index (χ0v) is 11.8. The molecule has 4 nitrogen and oxygen atoms in total. The SMILES string of the molecule is CCCN(C)C(CN)c1ccc(OC)cc1OC. The van der Waals surface area contributed by atoms with E-state index in [0.717, 1.165) is 30.0 Å². The molecule has 0 spiro atoms. The van der Waals surface area contributed by atoms with Crippen LogP contribution in [0.15, 0.2) is 18.2 Å². The van der Waals surface area contributed by atoms with Crippen molar-refractivity contribution in [2.75, 3.05) is 34.4 Å². The fourth-order valence-electron chi connectivity index (χ4n) is 2.15. The first kappa shape index (κ1) is 14.8. The Bertz CT molecular complexity index is 369. The lowest BCUT2D eigenvalue weighted by molar-refractivity contribution is 0.244. The molecule has 2 N–H and O–H groups in total. The Morgan fingerprint density at radius 3 is 2.50 bits per heavy atom. The maximum atomic E-state index is 5.90. The number of ether oxygens (including phenoxy) is 2. The van der Waals surface area contributed by atoms with Gasteiger partial charge in [-0.05, 0) is 26.1 Å². The van der Waals surface area contributed by atoms with Gasteiger partial charge in [-0.15, -0.1) is 0 Å². The summed E-state index contributed by atoms with van der Waals surface area (Å²) in [6.07, 6.45) is 1.10. The summed E-state index contributed by atoms with van der Waals surface area (Å²) in [6.45, 7) is 3.74. The zero-order chi connectivity index (χ0) is 13.5. The molecule has 0 aliphatic carbocycles. The van der Waals surface area contributed by atoms with Crippen LogP contribution in [0, 0.1) is 0 Å². The van der Waals surface area contributed by atoms with Crippen LogP contribution in [-0.4, -0.2) is 39.3 Å². The summed E-state index contributed by atoms with van der Waals surface area (Å²) in [4.78, 5) is 2.25. The first-order valence-electron chi connectivity index (χ1n) is 6.30. The lowest BCUT2D eigenvalue weighted by atomic mass is 10.0. The standard InChI is InChI=1S/C14H24N2O2/c1-5-8-16(2)13(10-15)12-7-6-11(17-3)9-14(12)18-4/h6-7,9,13H,5,8,10,15H2,1-4H3. The van der Waals surface area contributed by atoms with Crippen molar-refractivity contribution in [3.05, 3.63) is 23.8 Å². The Balaban J connectivity index is 3.04. The van der Waals surface area contributed by atoms with Crippen molar-refractivity contribution in [3.63, 3.8) is 0 Å². The first-order valence-corrected chi connectivity index (χ1v) is 6.30. The van der Waals surface area contributed by atoms with E-state index in [1.54, 1.807) is 14.2 Å². The van der Waals surface area contributed by atoms with Gasteiger partial charge in [0.1, 0.15) is 11.5 Å². The van der Waals surface area contributed by atoms with E-state index in [1.807, 2.05) is 18.2 Å². The van der Waals surface area contributed by atoms with Crippen LogP contribution in [0.5, 0.6) is 11.5 Å². The molecule has 0 aromatic heterocycles. The number of hydrogen-bond acceptors (Lipinski definition) is 4. The topological polar surface area (TPSA) is 47.7 Å². The maximum Gasteiger partial charge on any atom is 0.127 e. The van der Waals surface area contributed by atoms with Crippen LogP contribution in [0.3, 0.4) is 0 Å². The summed E-state index contributed by atoms with van der Waals surface area (Å²) in [5.41, 5.74) is 7.01. The molecule has 1 rings (SSSR count). The van der Waals surface area contributed by atoms with Crippen LogP contribution < -0.4 is 15.2 Å². The molecule has 0 amide bonds. The van der Waals surface area contributed by atoms with Crippen LogP contribution in [0.25, 0.3) is 0 Å². The fraction of sp³-hybridized carbons (Fsp3) is 0.571. The Kier molecular flexibility index (Phi) is 5.95. The van der Waals surface area contributed by atoms with Gasteiger partial charge in [0.15, 0.2) is 0 Å². The number of nitrogens with zero attached hydrogens (tertiary/aromatic N) is 1. The third kappa shape index (κ3) is 3.37. The van der Waals surface area contributed by atoms with Gasteiger partial charge in [-0.25, -0.2) is 0 Å². The predicted molar refractivity (Wildman–Crippen MR) is 74.3 cm³/mol. The minimum atomic E-state index is 0.172. The Morgan fingerprint density at radius 1 is 1.28 bits per heavy atom. The Morgan fingerprint density at radius 2 is 2.00 bits per heavy atom. The molecule has 0 fully saturated rings. The normalized spacial score (nSPS) is 12.6. The van der Waals surface area contributed by atoms with E-state index in [1.165, 1.54) is 0 Å². The monoisotopic (exact) mass is 252 g/mol. The molecular formula is C14H24N2O2. The smallest absolute Gasteiger partial charge is 0.127 e. The van der Waals surface area contributed by atoms with Gasteiger partial charge < -0.3 is 15.2 Å². The van der Waals surface area contributed by atoms with Crippen LogP contribution >= 0.6 is 0 Å². The van der Waals surface area contributed by atoms with Gasteiger partial charge in [0.2, 0.25) is 0 Å².